The molecule has 1 heterocycles. The maximum absolute atomic E-state index is 12.3. The van der Waals surface area contributed by atoms with Gasteiger partial charge in [-0.25, -0.2) is 0 Å². The normalized spacial score (nSPS) is 17.5. The lowest BCUT2D eigenvalue weighted by Crippen LogP contribution is -2.42. The molecule has 3 rings (SSSR count). The second-order valence-electron chi connectivity index (χ2n) is 4.89. The molecule has 1 aliphatic heterocycles. The molecule has 1 atom stereocenters. The quantitative estimate of drug-likeness (QED) is 0.879. The van der Waals surface area contributed by atoms with Crippen LogP contribution in [0.2, 0.25) is 0 Å². The summed E-state index contributed by atoms with van der Waals surface area (Å²) in [7, 11) is 0. The van der Waals surface area contributed by atoms with E-state index in [0.29, 0.717) is 17.7 Å². The summed E-state index contributed by atoms with van der Waals surface area (Å²) in [5.74, 6) is -0.446. The highest BCUT2D eigenvalue weighted by atomic mass is 79.9. The number of rotatable bonds is 2. The standard InChI is InChI=1S/C16H13BrN2O2/c17-11-6-7-13-12(9-11)15(20)19-14(16(21)18-13)8-10-4-2-1-3-5-10/h1-7,9,14H,8H2,(H,18,21)(H,19,20)/t14-/m1/s1. The summed E-state index contributed by atoms with van der Waals surface area (Å²) >= 11 is 3.33. The third-order valence-electron chi connectivity index (χ3n) is 3.39. The van der Waals surface area contributed by atoms with Crippen LogP contribution in [0.25, 0.3) is 0 Å². The van der Waals surface area contributed by atoms with E-state index < -0.39 is 6.04 Å². The summed E-state index contributed by atoms with van der Waals surface area (Å²) < 4.78 is 0.798. The molecule has 2 amide bonds. The smallest absolute Gasteiger partial charge is 0.254 e. The van der Waals surface area contributed by atoms with Crippen molar-refractivity contribution in [1.82, 2.24) is 5.32 Å². The Morgan fingerprint density at radius 1 is 1.05 bits per heavy atom. The van der Waals surface area contributed by atoms with Gasteiger partial charge in [-0.15, -0.1) is 0 Å². The first-order valence-electron chi connectivity index (χ1n) is 6.59. The van der Waals surface area contributed by atoms with Crippen LogP contribution in [0.4, 0.5) is 5.69 Å². The molecular formula is C16H13BrN2O2. The number of fused-ring (bicyclic) bond motifs is 1. The Morgan fingerprint density at radius 3 is 2.57 bits per heavy atom. The molecule has 0 fully saturated rings. The van der Waals surface area contributed by atoms with Crippen molar-refractivity contribution in [2.24, 2.45) is 0 Å². The van der Waals surface area contributed by atoms with Gasteiger partial charge in [-0.05, 0) is 23.8 Å². The zero-order valence-electron chi connectivity index (χ0n) is 11.1. The Hall–Kier alpha value is -2.14. The van der Waals surface area contributed by atoms with Gasteiger partial charge >= 0.3 is 0 Å². The van der Waals surface area contributed by atoms with Crippen LogP contribution in [-0.4, -0.2) is 17.9 Å². The minimum absolute atomic E-state index is 0.201. The van der Waals surface area contributed by atoms with Crippen molar-refractivity contribution in [3.8, 4) is 0 Å². The first-order chi connectivity index (χ1) is 10.1. The van der Waals surface area contributed by atoms with E-state index in [2.05, 4.69) is 26.6 Å². The van der Waals surface area contributed by atoms with E-state index >= 15 is 0 Å². The average molecular weight is 345 g/mol. The minimum atomic E-state index is -0.578. The van der Waals surface area contributed by atoms with Gasteiger partial charge in [0.2, 0.25) is 5.91 Å². The summed E-state index contributed by atoms with van der Waals surface area (Å²) in [5, 5.41) is 5.60. The number of anilines is 1. The lowest BCUT2D eigenvalue weighted by atomic mass is 10.1. The molecule has 0 aromatic heterocycles. The molecule has 2 aromatic rings. The zero-order chi connectivity index (χ0) is 14.8. The van der Waals surface area contributed by atoms with E-state index in [0.717, 1.165) is 10.0 Å². The van der Waals surface area contributed by atoms with E-state index in [1.165, 1.54) is 0 Å². The fraction of sp³-hybridized carbons (Fsp3) is 0.125. The van der Waals surface area contributed by atoms with Crippen LogP contribution < -0.4 is 10.6 Å². The first kappa shape index (κ1) is 13.8. The van der Waals surface area contributed by atoms with Gasteiger partial charge in [-0.1, -0.05) is 46.3 Å². The molecule has 4 nitrogen and oxygen atoms in total. The van der Waals surface area contributed by atoms with Crippen LogP contribution in [0, 0.1) is 0 Å². The molecule has 0 spiro atoms. The number of carbonyl (C=O) groups is 2. The molecular weight excluding hydrogens is 332 g/mol. The predicted octanol–water partition coefficient (Wildman–Crippen LogP) is 2.74. The Kier molecular flexibility index (Phi) is 3.75. The van der Waals surface area contributed by atoms with Gasteiger partial charge in [0.15, 0.2) is 0 Å². The van der Waals surface area contributed by atoms with Gasteiger partial charge in [-0.3, -0.25) is 9.59 Å². The lowest BCUT2D eigenvalue weighted by Gasteiger charge is -2.14. The average Bonchev–Trinajstić information content (AvgIpc) is 2.59. The van der Waals surface area contributed by atoms with Crippen molar-refractivity contribution >= 4 is 33.4 Å². The van der Waals surface area contributed by atoms with Crippen molar-refractivity contribution in [2.45, 2.75) is 12.5 Å². The number of hydrogen-bond acceptors (Lipinski definition) is 2. The molecule has 21 heavy (non-hydrogen) atoms. The van der Waals surface area contributed by atoms with Crippen LogP contribution in [-0.2, 0) is 11.2 Å². The van der Waals surface area contributed by atoms with E-state index in [1.54, 1.807) is 18.2 Å². The van der Waals surface area contributed by atoms with Gasteiger partial charge < -0.3 is 10.6 Å². The summed E-state index contributed by atoms with van der Waals surface area (Å²) in [6.07, 6.45) is 0.466. The van der Waals surface area contributed by atoms with Crippen LogP contribution in [0.15, 0.2) is 53.0 Å². The zero-order valence-corrected chi connectivity index (χ0v) is 12.7. The van der Waals surface area contributed by atoms with Crippen LogP contribution in [0.5, 0.6) is 0 Å². The third-order valence-corrected chi connectivity index (χ3v) is 3.88. The predicted molar refractivity (Wildman–Crippen MR) is 84.2 cm³/mol. The van der Waals surface area contributed by atoms with Gasteiger partial charge in [0, 0.05) is 10.9 Å². The van der Waals surface area contributed by atoms with Gasteiger partial charge in [-0.2, -0.15) is 0 Å². The van der Waals surface area contributed by atoms with Crippen LogP contribution in [0.1, 0.15) is 15.9 Å². The van der Waals surface area contributed by atoms with E-state index in [-0.39, 0.29) is 11.8 Å². The van der Waals surface area contributed by atoms with Crippen molar-refractivity contribution in [3.63, 3.8) is 0 Å². The van der Waals surface area contributed by atoms with Crippen molar-refractivity contribution in [2.75, 3.05) is 5.32 Å². The second kappa shape index (κ2) is 5.69. The first-order valence-corrected chi connectivity index (χ1v) is 7.38. The molecule has 106 valence electrons. The molecule has 0 radical (unpaired) electrons. The minimum Gasteiger partial charge on any atom is -0.340 e. The van der Waals surface area contributed by atoms with Gasteiger partial charge in [0.1, 0.15) is 6.04 Å². The monoisotopic (exact) mass is 344 g/mol. The fourth-order valence-electron chi connectivity index (χ4n) is 2.33. The topological polar surface area (TPSA) is 58.2 Å². The molecule has 0 saturated heterocycles. The summed E-state index contributed by atoms with van der Waals surface area (Å²) in [5.41, 5.74) is 2.01. The molecule has 0 unspecified atom stereocenters. The number of halogens is 1. The number of amides is 2. The second-order valence-corrected chi connectivity index (χ2v) is 5.81. The van der Waals surface area contributed by atoms with E-state index in [1.807, 2.05) is 30.3 Å². The van der Waals surface area contributed by atoms with Crippen LogP contribution >= 0.6 is 15.9 Å². The Morgan fingerprint density at radius 2 is 1.81 bits per heavy atom. The molecule has 0 aliphatic carbocycles. The largest absolute Gasteiger partial charge is 0.340 e. The number of hydrogen-bond donors (Lipinski definition) is 2. The van der Waals surface area contributed by atoms with E-state index in [4.69, 9.17) is 0 Å². The number of carbonyl (C=O) groups excluding carboxylic acids is 2. The molecule has 2 N–H and O–H groups in total. The van der Waals surface area contributed by atoms with Gasteiger partial charge in [0.25, 0.3) is 5.91 Å². The molecule has 0 bridgehead atoms. The molecule has 5 heteroatoms. The maximum Gasteiger partial charge on any atom is 0.254 e. The fourth-order valence-corrected chi connectivity index (χ4v) is 2.69. The van der Waals surface area contributed by atoms with Crippen molar-refractivity contribution in [1.29, 1.82) is 0 Å². The number of nitrogens with one attached hydrogen (secondary N) is 2. The van der Waals surface area contributed by atoms with Crippen molar-refractivity contribution < 1.29 is 9.59 Å². The van der Waals surface area contributed by atoms with E-state index in [9.17, 15) is 9.59 Å². The highest BCUT2D eigenvalue weighted by Gasteiger charge is 2.27. The summed E-state index contributed by atoms with van der Waals surface area (Å²) in [6.45, 7) is 0. The van der Waals surface area contributed by atoms with Gasteiger partial charge in [0.05, 0.1) is 11.3 Å². The summed E-state index contributed by atoms with van der Waals surface area (Å²) in [6, 6.07) is 14.3. The maximum atomic E-state index is 12.3. The SMILES string of the molecule is O=C1N[C@H](Cc2ccccc2)C(=O)Nc2ccc(Br)cc21. The lowest BCUT2D eigenvalue weighted by molar-refractivity contribution is -0.117. The molecule has 0 saturated carbocycles. The Labute approximate surface area is 130 Å². The highest BCUT2D eigenvalue weighted by Crippen LogP contribution is 2.23. The van der Waals surface area contributed by atoms with Crippen molar-refractivity contribution in [3.05, 3.63) is 64.1 Å². The van der Waals surface area contributed by atoms with Crippen LogP contribution in [0.3, 0.4) is 0 Å². The molecule has 1 aliphatic rings. The Bertz CT molecular complexity index is 701. The third kappa shape index (κ3) is 2.97. The number of benzene rings is 2. The highest BCUT2D eigenvalue weighted by molar-refractivity contribution is 9.10. The summed E-state index contributed by atoms with van der Waals surface area (Å²) in [4.78, 5) is 24.6. The Balaban J connectivity index is 1.87. The molecule has 2 aromatic carbocycles.